The second-order valence-electron chi connectivity index (χ2n) is 8.67. The van der Waals surface area contributed by atoms with Crippen LogP contribution in [0.4, 0.5) is 11.4 Å². The van der Waals surface area contributed by atoms with E-state index in [2.05, 4.69) is 34.1 Å². The normalized spacial score (nSPS) is 19.7. The molecule has 0 aliphatic carbocycles. The highest BCUT2D eigenvalue weighted by Gasteiger charge is 2.27. The summed E-state index contributed by atoms with van der Waals surface area (Å²) in [6.45, 7) is 5.68. The van der Waals surface area contributed by atoms with Crippen LogP contribution in [-0.4, -0.2) is 72.6 Å². The van der Waals surface area contributed by atoms with E-state index in [0.717, 1.165) is 74.3 Å². The number of likely N-dealkylation sites (tertiary alicyclic amines) is 1. The average Bonchev–Trinajstić information content (AvgIpc) is 3.20. The summed E-state index contributed by atoms with van der Waals surface area (Å²) in [5.74, 6) is -0.897. The van der Waals surface area contributed by atoms with E-state index in [0.29, 0.717) is 24.3 Å². The third-order valence-corrected chi connectivity index (χ3v) is 6.83. The van der Waals surface area contributed by atoms with Gasteiger partial charge in [-0.1, -0.05) is 23.7 Å². The molecule has 4 heterocycles. The smallest absolute Gasteiger partial charge is 0.306 e. The molecule has 1 aromatic heterocycles. The van der Waals surface area contributed by atoms with Crippen LogP contribution in [0.5, 0.6) is 0 Å². The van der Waals surface area contributed by atoms with Gasteiger partial charge in [-0.25, -0.2) is 4.98 Å². The van der Waals surface area contributed by atoms with E-state index in [1.165, 1.54) is 5.69 Å². The summed E-state index contributed by atoms with van der Waals surface area (Å²) in [4.78, 5) is 25.4. The Morgan fingerprint density at radius 2 is 1.84 bits per heavy atom. The lowest BCUT2D eigenvalue weighted by atomic mass is 9.97. The molecule has 5 rings (SSSR count). The zero-order chi connectivity index (χ0) is 22.1. The first-order chi connectivity index (χ1) is 15.6. The Labute approximate surface area is 192 Å². The van der Waals surface area contributed by atoms with Crippen LogP contribution >= 0.6 is 11.6 Å². The second kappa shape index (κ2) is 9.17. The zero-order valence-corrected chi connectivity index (χ0v) is 18.7. The summed E-state index contributed by atoms with van der Waals surface area (Å²) in [5, 5.41) is 9.79. The topological polar surface area (TPSA) is 78.3 Å². The molecule has 0 saturated carbocycles. The highest BCUT2D eigenvalue weighted by atomic mass is 35.5. The van der Waals surface area contributed by atoms with Gasteiger partial charge in [-0.3, -0.25) is 14.7 Å². The number of carbonyl (C=O) groups is 1. The predicted octanol–water partition coefficient (Wildman–Crippen LogP) is 3.66. The van der Waals surface area contributed by atoms with Crippen LogP contribution in [0.15, 0.2) is 35.3 Å². The van der Waals surface area contributed by atoms with E-state index in [4.69, 9.17) is 26.3 Å². The fourth-order valence-electron chi connectivity index (χ4n) is 4.69. The standard InChI is InChI=1S/C24H27ClN4O3/c25-20-14-22-21(13-18(26-22)15-28-7-5-17(6-8-28)24(30)31)27-23(20)16-1-3-19(4-2-16)29-9-11-32-12-10-29/h1-4,14,17H,5-13,15H2,(H,30,31). The van der Waals surface area contributed by atoms with Gasteiger partial charge in [0.05, 0.1) is 41.2 Å². The minimum atomic E-state index is -0.681. The largest absolute Gasteiger partial charge is 0.481 e. The van der Waals surface area contributed by atoms with Crippen molar-refractivity contribution in [2.45, 2.75) is 19.3 Å². The Bertz CT molecular complexity index is 1030. The quantitative estimate of drug-likeness (QED) is 0.742. The maximum absolute atomic E-state index is 11.2. The number of morpholine rings is 1. The lowest BCUT2D eigenvalue weighted by molar-refractivity contribution is -0.143. The van der Waals surface area contributed by atoms with Crippen molar-refractivity contribution in [3.8, 4) is 11.3 Å². The van der Waals surface area contributed by atoms with E-state index in [9.17, 15) is 9.90 Å². The Balaban J connectivity index is 1.26. The van der Waals surface area contributed by atoms with Crippen LogP contribution in [0, 0.1) is 5.92 Å². The van der Waals surface area contributed by atoms with E-state index in [-0.39, 0.29) is 5.92 Å². The Hall–Kier alpha value is -2.48. The maximum Gasteiger partial charge on any atom is 0.306 e. The third-order valence-electron chi connectivity index (χ3n) is 6.54. The number of aromatic nitrogens is 1. The van der Waals surface area contributed by atoms with Crippen LogP contribution in [0.1, 0.15) is 18.5 Å². The maximum atomic E-state index is 11.2. The summed E-state index contributed by atoms with van der Waals surface area (Å²) < 4.78 is 5.44. The van der Waals surface area contributed by atoms with Crippen molar-refractivity contribution in [1.82, 2.24) is 9.88 Å². The van der Waals surface area contributed by atoms with Gasteiger partial charge in [-0.2, -0.15) is 0 Å². The first-order valence-electron chi connectivity index (χ1n) is 11.2. The van der Waals surface area contributed by atoms with Crippen molar-refractivity contribution >= 4 is 34.7 Å². The second-order valence-corrected chi connectivity index (χ2v) is 9.08. The molecular weight excluding hydrogens is 428 g/mol. The molecule has 3 aliphatic rings. The molecule has 2 fully saturated rings. The number of carboxylic acid groups (broad SMARTS) is 1. The van der Waals surface area contributed by atoms with Crippen molar-refractivity contribution in [1.29, 1.82) is 0 Å². The number of aliphatic carboxylic acids is 1. The molecule has 0 radical (unpaired) electrons. The van der Waals surface area contributed by atoms with Crippen LogP contribution in [0.2, 0.25) is 5.02 Å². The minimum Gasteiger partial charge on any atom is -0.481 e. The van der Waals surface area contributed by atoms with Crippen molar-refractivity contribution in [2.24, 2.45) is 10.9 Å². The zero-order valence-electron chi connectivity index (χ0n) is 18.0. The number of hydrogen-bond donors (Lipinski definition) is 1. The first kappa shape index (κ1) is 21.4. The summed E-state index contributed by atoms with van der Waals surface area (Å²) in [6.07, 6.45) is 2.11. The number of ether oxygens (including phenoxy) is 1. The highest BCUT2D eigenvalue weighted by Crippen LogP contribution is 2.35. The van der Waals surface area contributed by atoms with Gasteiger partial charge in [0.2, 0.25) is 0 Å². The van der Waals surface area contributed by atoms with Crippen molar-refractivity contribution < 1.29 is 14.6 Å². The predicted molar refractivity (Wildman–Crippen MR) is 125 cm³/mol. The molecule has 1 aromatic carbocycles. The third kappa shape index (κ3) is 4.51. The van der Waals surface area contributed by atoms with Gasteiger partial charge >= 0.3 is 5.97 Å². The van der Waals surface area contributed by atoms with Gasteiger partial charge in [0, 0.05) is 43.0 Å². The fourth-order valence-corrected chi connectivity index (χ4v) is 4.94. The Morgan fingerprint density at radius 3 is 2.53 bits per heavy atom. The molecule has 0 bridgehead atoms. The van der Waals surface area contributed by atoms with Crippen molar-refractivity contribution in [3.63, 3.8) is 0 Å². The van der Waals surface area contributed by atoms with Crippen LogP contribution < -0.4 is 4.90 Å². The number of benzene rings is 1. The van der Waals surface area contributed by atoms with Crippen LogP contribution in [0.25, 0.3) is 11.3 Å². The van der Waals surface area contributed by atoms with Crippen molar-refractivity contribution in [2.75, 3.05) is 50.8 Å². The molecule has 2 saturated heterocycles. The number of fused-ring (bicyclic) bond motifs is 1. The Morgan fingerprint density at radius 1 is 1.12 bits per heavy atom. The van der Waals surface area contributed by atoms with Gasteiger partial charge < -0.3 is 14.7 Å². The number of aliphatic imine (C=N–C) groups is 1. The molecule has 7 nitrogen and oxygen atoms in total. The van der Waals surface area contributed by atoms with Gasteiger partial charge in [-0.05, 0) is 44.1 Å². The number of hydrogen-bond acceptors (Lipinski definition) is 6. The monoisotopic (exact) mass is 454 g/mol. The van der Waals surface area contributed by atoms with E-state index in [1.54, 1.807) is 0 Å². The van der Waals surface area contributed by atoms with E-state index < -0.39 is 5.97 Å². The van der Waals surface area contributed by atoms with E-state index in [1.807, 2.05) is 6.07 Å². The molecule has 0 amide bonds. The van der Waals surface area contributed by atoms with Gasteiger partial charge in [0.15, 0.2) is 0 Å². The number of anilines is 1. The number of piperidine rings is 1. The SMILES string of the molecule is O=C(O)C1CCN(CC2=Nc3cc(Cl)c(-c4ccc(N5CCOCC5)cc4)nc3C2)CC1. The number of rotatable bonds is 5. The molecule has 0 unspecified atom stereocenters. The average molecular weight is 455 g/mol. The molecular formula is C24H27ClN4O3. The summed E-state index contributed by atoms with van der Waals surface area (Å²) in [7, 11) is 0. The molecule has 0 spiro atoms. The lowest BCUT2D eigenvalue weighted by Crippen LogP contribution is -2.39. The van der Waals surface area contributed by atoms with Gasteiger partial charge in [-0.15, -0.1) is 0 Å². The molecule has 168 valence electrons. The number of pyridine rings is 1. The molecule has 32 heavy (non-hydrogen) atoms. The van der Waals surface area contributed by atoms with Gasteiger partial charge in [0.25, 0.3) is 0 Å². The summed E-state index contributed by atoms with van der Waals surface area (Å²) in [5.41, 5.74) is 5.84. The lowest BCUT2D eigenvalue weighted by Gasteiger charge is -2.29. The van der Waals surface area contributed by atoms with Crippen LogP contribution in [-0.2, 0) is 16.0 Å². The first-order valence-corrected chi connectivity index (χ1v) is 11.6. The minimum absolute atomic E-state index is 0.216. The molecule has 3 aliphatic heterocycles. The molecule has 0 atom stereocenters. The summed E-state index contributed by atoms with van der Waals surface area (Å²) in [6, 6.07) is 10.3. The number of halogens is 1. The molecule has 2 aromatic rings. The van der Waals surface area contributed by atoms with E-state index >= 15 is 0 Å². The summed E-state index contributed by atoms with van der Waals surface area (Å²) >= 11 is 6.59. The van der Waals surface area contributed by atoms with Crippen LogP contribution in [0.3, 0.4) is 0 Å². The van der Waals surface area contributed by atoms with Crippen molar-refractivity contribution in [3.05, 3.63) is 41.0 Å². The molecule has 1 N–H and O–H groups in total. The Kier molecular flexibility index (Phi) is 6.13. The van der Waals surface area contributed by atoms with Gasteiger partial charge in [0.1, 0.15) is 0 Å². The number of nitrogens with zero attached hydrogens (tertiary/aromatic N) is 4. The highest BCUT2D eigenvalue weighted by molar-refractivity contribution is 6.33. The fraction of sp³-hybridized carbons (Fsp3) is 0.458. The number of carboxylic acids is 1. The molecule has 8 heteroatoms.